The standard InChI is InChI=1S/C15H24N4O2/c1-17-5-3-14(4-6-17)18(2)12-13(11-16)15(20)19-7-9-21-10-8-19/h12,14H,3-10H2,1-2H3/b13-12-. The van der Waals surface area contributed by atoms with Crippen LogP contribution in [-0.4, -0.2) is 80.1 Å². The number of nitrogens with zero attached hydrogens (tertiary/aromatic N) is 4. The summed E-state index contributed by atoms with van der Waals surface area (Å²) >= 11 is 0. The lowest BCUT2D eigenvalue weighted by atomic mass is 10.0. The lowest BCUT2D eigenvalue weighted by Crippen LogP contribution is -2.42. The molecule has 2 heterocycles. The van der Waals surface area contributed by atoms with E-state index in [2.05, 4.69) is 18.0 Å². The summed E-state index contributed by atoms with van der Waals surface area (Å²) in [6.45, 7) is 4.35. The van der Waals surface area contributed by atoms with E-state index in [0.717, 1.165) is 25.9 Å². The predicted molar refractivity (Wildman–Crippen MR) is 79.4 cm³/mol. The van der Waals surface area contributed by atoms with Gasteiger partial charge >= 0.3 is 0 Å². The predicted octanol–water partition coefficient (Wildman–Crippen LogP) is 0.279. The largest absolute Gasteiger partial charge is 0.378 e. The highest BCUT2D eigenvalue weighted by Crippen LogP contribution is 2.16. The highest BCUT2D eigenvalue weighted by Gasteiger charge is 2.23. The molecule has 21 heavy (non-hydrogen) atoms. The van der Waals surface area contributed by atoms with Gasteiger partial charge < -0.3 is 19.4 Å². The van der Waals surface area contributed by atoms with E-state index in [0.29, 0.717) is 32.3 Å². The second-order valence-corrected chi connectivity index (χ2v) is 5.76. The number of piperidine rings is 1. The van der Waals surface area contributed by atoms with Gasteiger partial charge in [0.2, 0.25) is 0 Å². The molecule has 2 saturated heterocycles. The number of morpholine rings is 1. The molecule has 0 unspecified atom stereocenters. The summed E-state index contributed by atoms with van der Waals surface area (Å²) < 4.78 is 5.24. The van der Waals surface area contributed by atoms with Crippen molar-refractivity contribution in [2.45, 2.75) is 18.9 Å². The molecule has 0 aromatic rings. The molecule has 2 rings (SSSR count). The highest BCUT2D eigenvalue weighted by molar-refractivity contribution is 5.97. The van der Waals surface area contributed by atoms with Crippen molar-refractivity contribution in [2.24, 2.45) is 0 Å². The van der Waals surface area contributed by atoms with Gasteiger partial charge in [-0.15, -0.1) is 0 Å². The van der Waals surface area contributed by atoms with Crippen LogP contribution < -0.4 is 0 Å². The first-order valence-corrected chi connectivity index (χ1v) is 7.51. The number of hydrogen-bond acceptors (Lipinski definition) is 5. The molecule has 2 aliphatic heterocycles. The van der Waals surface area contributed by atoms with Crippen LogP contribution in [0.3, 0.4) is 0 Å². The highest BCUT2D eigenvalue weighted by atomic mass is 16.5. The third-order valence-electron chi connectivity index (χ3n) is 4.25. The van der Waals surface area contributed by atoms with E-state index in [1.807, 2.05) is 11.9 Å². The molecule has 0 saturated carbocycles. The van der Waals surface area contributed by atoms with Crippen LogP contribution in [0.5, 0.6) is 0 Å². The number of hydrogen-bond donors (Lipinski definition) is 0. The van der Waals surface area contributed by atoms with Crippen molar-refractivity contribution in [1.29, 1.82) is 5.26 Å². The smallest absolute Gasteiger partial charge is 0.266 e. The molecule has 6 nitrogen and oxygen atoms in total. The molecule has 0 spiro atoms. The summed E-state index contributed by atoms with van der Waals surface area (Å²) in [4.78, 5) is 18.4. The Morgan fingerprint density at radius 2 is 1.90 bits per heavy atom. The first-order valence-electron chi connectivity index (χ1n) is 7.51. The minimum Gasteiger partial charge on any atom is -0.378 e. The van der Waals surface area contributed by atoms with E-state index >= 15 is 0 Å². The number of carbonyl (C=O) groups excluding carboxylic acids is 1. The maximum Gasteiger partial charge on any atom is 0.266 e. The summed E-state index contributed by atoms with van der Waals surface area (Å²) in [6, 6.07) is 2.46. The van der Waals surface area contributed by atoms with E-state index in [1.165, 1.54) is 0 Å². The van der Waals surface area contributed by atoms with Gasteiger partial charge in [0.1, 0.15) is 11.6 Å². The van der Waals surface area contributed by atoms with E-state index < -0.39 is 0 Å². The van der Waals surface area contributed by atoms with Crippen LogP contribution in [0.2, 0.25) is 0 Å². The maximum atomic E-state index is 12.3. The monoisotopic (exact) mass is 292 g/mol. The number of ether oxygens (including phenoxy) is 1. The molecule has 2 aliphatic rings. The van der Waals surface area contributed by atoms with Crippen molar-refractivity contribution in [3.05, 3.63) is 11.8 Å². The fourth-order valence-electron chi connectivity index (χ4n) is 2.78. The third kappa shape index (κ3) is 4.19. The van der Waals surface area contributed by atoms with Crippen molar-refractivity contribution in [3.8, 4) is 6.07 Å². The normalized spacial score (nSPS) is 22.0. The number of likely N-dealkylation sites (tertiary alicyclic amines) is 1. The number of nitriles is 1. The number of carbonyl (C=O) groups is 1. The Hall–Kier alpha value is -1.58. The van der Waals surface area contributed by atoms with Gasteiger partial charge in [-0.05, 0) is 33.0 Å². The van der Waals surface area contributed by atoms with Gasteiger partial charge in [-0.25, -0.2) is 0 Å². The molecule has 0 atom stereocenters. The first-order chi connectivity index (χ1) is 10.1. The van der Waals surface area contributed by atoms with Crippen LogP contribution >= 0.6 is 0 Å². The molecule has 1 amide bonds. The van der Waals surface area contributed by atoms with Crippen LogP contribution in [0, 0.1) is 11.3 Å². The topological polar surface area (TPSA) is 59.8 Å². The fourth-order valence-corrected chi connectivity index (χ4v) is 2.78. The van der Waals surface area contributed by atoms with Crippen molar-refractivity contribution >= 4 is 5.91 Å². The Balaban J connectivity index is 1.98. The average molecular weight is 292 g/mol. The van der Waals surface area contributed by atoms with Gasteiger partial charge in [-0.2, -0.15) is 5.26 Å². The van der Waals surface area contributed by atoms with Crippen LogP contribution in [0.1, 0.15) is 12.8 Å². The number of rotatable bonds is 3. The average Bonchev–Trinajstić information content (AvgIpc) is 2.53. The van der Waals surface area contributed by atoms with Crippen molar-refractivity contribution in [3.63, 3.8) is 0 Å². The summed E-state index contributed by atoms with van der Waals surface area (Å²) in [5.41, 5.74) is 0.221. The lowest BCUT2D eigenvalue weighted by molar-refractivity contribution is -0.130. The van der Waals surface area contributed by atoms with Gasteiger partial charge in [0.05, 0.1) is 13.2 Å². The molecule has 0 aromatic carbocycles. The van der Waals surface area contributed by atoms with Gasteiger partial charge in [-0.3, -0.25) is 4.79 Å². The Kier molecular flexibility index (Phi) is 5.59. The van der Waals surface area contributed by atoms with E-state index in [4.69, 9.17) is 4.74 Å². The molecule has 0 bridgehead atoms. The summed E-state index contributed by atoms with van der Waals surface area (Å²) in [5, 5.41) is 9.28. The Labute approximate surface area is 126 Å². The lowest BCUT2D eigenvalue weighted by Gasteiger charge is -2.35. The molecule has 2 fully saturated rings. The van der Waals surface area contributed by atoms with Crippen molar-refractivity contribution in [2.75, 3.05) is 53.5 Å². The molecule has 0 aliphatic carbocycles. The Bertz CT molecular complexity index is 429. The van der Waals surface area contributed by atoms with Gasteiger partial charge in [0, 0.05) is 32.4 Å². The van der Waals surface area contributed by atoms with Gasteiger partial charge in [-0.1, -0.05) is 0 Å². The quantitative estimate of drug-likeness (QED) is 0.552. The van der Waals surface area contributed by atoms with Crippen LogP contribution in [0.15, 0.2) is 11.8 Å². The minimum absolute atomic E-state index is 0.180. The fraction of sp³-hybridized carbons (Fsp3) is 0.733. The Morgan fingerprint density at radius 1 is 1.29 bits per heavy atom. The summed E-state index contributed by atoms with van der Waals surface area (Å²) in [5.74, 6) is -0.180. The minimum atomic E-state index is -0.180. The van der Waals surface area contributed by atoms with Crippen LogP contribution in [0.4, 0.5) is 0 Å². The Morgan fingerprint density at radius 3 is 2.48 bits per heavy atom. The first kappa shape index (κ1) is 15.8. The molecule has 6 heteroatoms. The van der Waals surface area contributed by atoms with Crippen LogP contribution in [0.25, 0.3) is 0 Å². The zero-order chi connectivity index (χ0) is 15.2. The second-order valence-electron chi connectivity index (χ2n) is 5.76. The summed E-state index contributed by atoms with van der Waals surface area (Å²) in [6.07, 6.45) is 3.84. The van der Waals surface area contributed by atoms with Crippen molar-refractivity contribution < 1.29 is 9.53 Å². The zero-order valence-electron chi connectivity index (χ0n) is 12.9. The molecule has 0 N–H and O–H groups in total. The van der Waals surface area contributed by atoms with E-state index in [9.17, 15) is 10.1 Å². The van der Waals surface area contributed by atoms with E-state index in [-0.39, 0.29) is 11.5 Å². The van der Waals surface area contributed by atoms with Gasteiger partial charge in [0.15, 0.2) is 0 Å². The SMILES string of the molecule is CN1CCC(N(C)/C=C(/C#N)C(=O)N2CCOCC2)CC1. The van der Waals surface area contributed by atoms with E-state index in [1.54, 1.807) is 11.1 Å². The maximum absolute atomic E-state index is 12.3. The molecular weight excluding hydrogens is 268 g/mol. The van der Waals surface area contributed by atoms with Gasteiger partial charge in [0.25, 0.3) is 5.91 Å². The molecule has 116 valence electrons. The van der Waals surface area contributed by atoms with Crippen LogP contribution in [-0.2, 0) is 9.53 Å². The van der Waals surface area contributed by atoms with Crippen molar-refractivity contribution in [1.82, 2.24) is 14.7 Å². The number of amides is 1. The third-order valence-corrected chi connectivity index (χ3v) is 4.25. The molecular formula is C15H24N4O2. The summed E-state index contributed by atoms with van der Waals surface area (Å²) in [7, 11) is 4.08. The molecule has 0 aromatic heterocycles. The zero-order valence-corrected chi connectivity index (χ0v) is 12.9. The second kappa shape index (κ2) is 7.43. The molecule has 0 radical (unpaired) electrons.